The molecule has 3 heteroatoms. The summed E-state index contributed by atoms with van der Waals surface area (Å²) in [5, 5.41) is 3.52. The van der Waals surface area contributed by atoms with Crippen LogP contribution in [0.1, 0.15) is 26.7 Å². The standard InChI is InChI=1S/C11H27N3/c1-5-6-10(2)11(9-12)13-7-8-14(3)4/h10-11,13H,5-9,12H2,1-4H3. The van der Waals surface area contributed by atoms with Crippen LogP contribution in [0, 0.1) is 5.92 Å². The summed E-state index contributed by atoms with van der Waals surface area (Å²) in [6.45, 7) is 7.36. The fraction of sp³-hybridized carbons (Fsp3) is 1.00. The van der Waals surface area contributed by atoms with Crippen LogP contribution in [0.25, 0.3) is 0 Å². The van der Waals surface area contributed by atoms with Crippen molar-refractivity contribution in [2.45, 2.75) is 32.7 Å². The fourth-order valence-electron chi connectivity index (χ4n) is 1.65. The third-order valence-electron chi connectivity index (χ3n) is 2.65. The van der Waals surface area contributed by atoms with Crippen LogP contribution in [-0.2, 0) is 0 Å². The van der Waals surface area contributed by atoms with Crippen LogP contribution >= 0.6 is 0 Å². The van der Waals surface area contributed by atoms with Gasteiger partial charge in [-0.3, -0.25) is 0 Å². The van der Waals surface area contributed by atoms with Gasteiger partial charge in [-0.25, -0.2) is 0 Å². The Labute approximate surface area is 89.0 Å². The normalized spacial score (nSPS) is 15.9. The molecule has 3 N–H and O–H groups in total. The first kappa shape index (κ1) is 13.9. The minimum atomic E-state index is 0.481. The van der Waals surface area contributed by atoms with Gasteiger partial charge >= 0.3 is 0 Å². The van der Waals surface area contributed by atoms with Crippen LogP contribution in [-0.4, -0.2) is 44.7 Å². The predicted molar refractivity (Wildman–Crippen MR) is 63.5 cm³/mol. The lowest BCUT2D eigenvalue weighted by molar-refractivity contribution is 0.330. The molecular weight excluding hydrogens is 174 g/mol. The Morgan fingerprint density at radius 3 is 2.43 bits per heavy atom. The Balaban J connectivity index is 3.66. The molecule has 0 aromatic rings. The van der Waals surface area contributed by atoms with E-state index >= 15 is 0 Å². The molecule has 0 aromatic carbocycles. The van der Waals surface area contributed by atoms with Gasteiger partial charge in [-0.15, -0.1) is 0 Å². The molecule has 14 heavy (non-hydrogen) atoms. The van der Waals surface area contributed by atoms with Crippen molar-refractivity contribution in [1.82, 2.24) is 10.2 Å². The molecular formula is C11H27N3. The van der Waals surface area contributed by atoms with Crippen molar-refractivity contribution in [1.29, 1.82) is 0 Å². The van der Waals surface area contributed by atoms with Crippen molar-refractivity contribution >= 4 is 0 Å². The Bertz CT molecular complexity index is 126. The lowest BCUT2D eigenvalue weighted by atomic mass is 9.97. The van der Waals surface area contributed by atoms with Gasteiger partial charge in [-0.2, -0.15) is 0 Å². The monoisotopic (exact) mass is 201 g/mol. The van der Waals surface area contributed by atoms with E-state index < -0.39 is 0 Å². The summed E-state index contributed by atoms with van der Waals surface area (Å²) in [6.07, 6.45) is 2.50. The Morgan fingerprint density at radius 2 is 2.00 bits per heavy atom. The first-order chi connectivity index (χ1) is 6.61. The van der Waals surface area contributed by atoms with Gasteiger partial charge in [0.15, 0.2) is 0 Å². The molecule has 0 aliphatic rings. The molecule has 0 aromatic heterocycles. The van der Waals surface area contributed by atoms with E-state index in [0.717, 1.165) is 19.6 Å². The van der Waals surface area contributed by atoms with Gasteiger partial charge in [0.05, 0.1) is 0 Å². The molecule has 0 aliphatic heterocycles. The summed E-state index contributed by atoms with van der Waals surface area (Å²) >= 11 is 0. The third kappa shape index (κ3) is 6.35. The molecule has 2 atom stereocenters. The van der Waals surface area contributed by atoms with Crippen molar-refractivity contribution in [3.63, 3.8) is 0 Å². The lowest BCUT2D eigenvalue weighted by Crippen LogP contribution is -2.43. The van der Waals surface area contributed by atoms with Gasteiger partial charge in [0.2, 0.25) is 0 Å². The Morgan fingerprint density at radius 1 is 1.36 bits per heavy atom. The van der Waals surface area contributed by atoms with Crippen molar-refractivity contribution in [3.05, 3.63) is 0 Å². The summed E-state index contributed by atoms with van der Waals surface area (Å²) in [5.74, 6) is 0.687. The van der Waals surface area contributed by atoms with E-state index in [9.17, 15) is 0 Å². The Kier molecular flexibility index (Phi) is 8.14. The number of hydrogen-bond donors (Lipinski definition) is 2. The highest BCUT2D eigenvalue weighted by molar-refractivity contribution is 4.74. The van der Waals surface area contributed by atoms with Crippen LogP contribution in [0.5, 0.6) is 0 Å². The number of likely N-dealkylation sites (N-methyl/N-ethyl adjacent to an activating group) is 1. The first-order valence-corrected chi connectivity index (χ1v) is 5.70. The first-order valence-electron chi connectivity index (χ1n) is 5.70. The summed E-state index contributed by atoms with van der Waals surface area (Å²) in [4.78, 5) is 2.19. The average Bonchev–Trinajstić information content (AvgIpc) is 2.12. The van der Waals surface area contributed by atoms with E-state index in [-0.39, 0.29) is 0 Å². The average molecular weight is 201 g/mol. The van der Waals surface area contributed by atoms with E-state index in [1.54, 1.807) is 0 Å². The van der Waals surface area contributed by atoms with Crippen LogP contribution in [0.2, 0.25) is 0 Å². The smallest absolute Gasteiger partial charge is 0.0216 e. The van der Waals surface area contributed by atoms with Crippen molar-refractivity contribution in [3.8, 4) is 0 Å². The van der Waals surface area contributed by atoms with Gasteiger partial charge in [-0.05, 0) is 26.4 Å². The van der Waals surface area contributed by atoms with E-state index in [4.69, 9.17) is 5.73 Å². The van der Waals surface area contributed by atoms with E-state index in [1.165, 1.54) is 12.8 Å². The SMILES string of the molecule is CCCC(C)C(CN)NCCN(C)C. The molecule has 0 saturated carbocycles. The van der Waals surface area contributed by atoms with Crippen molar-refractivity contribution in [2.75, 3.05) is 33.7 Å². The zero-order valence-electron chi connectivity index (χ0n) is 10.2. The quantitative estimate of drug-likeness (QED) is 0.613. The van der Waals surface area contributed by atoms with Crippen LogP contribution in [0.3, 0.4) is 0 Å². The zero-order chi connectivity index (χ0) is 11.0. The molecule has 0 amide bonds. The highest BCUT2D eigenvalue weighted by atomic mass is 15.1. The molecule has 0 fully saturated rings. The highest BCUT2D eigenvalue weighted by Crippen LogP contribution is 2.09. The van der Waals surface area contributed by atoms with Crippen molar-refractivity contribution < 1.29 is 0 Å². The molecule has 0 heterocycles. The van der Waals surface area contributed by atoms with Gasteiger partial charge in [-0.1, -0.05) is 20.3 Å². The lowest BCUT2D eigenvalue weighted by Gasteiger charge is -2.24. The van der Waals surface area contributed by atoms with Crippen LogP contribution < -0.4 is 11.1 Å². The molecule has 0 bridgehead atoms. The maximum atomic E-state index is 5.74. The van der Waals surface area contributed by atoms with Crippen LogP contribution in [0.4, 0.5) is 0 Å². The number of nitrogens with zero attached hydrogens (tertiary/aromatic N) is 1. The maximum Gasteiger partial charge on any atom is 0.0216 e. The second-order valence-corrected chi connectivity index (χ2v) is 4.37. The van der Waals surface area contributed by atoms with Gasteiger partial charge in [0.25, 0.3) is 0 Å². The summed E-state index contributed by atoms with van der Waals surface area (Å²) in [6, 6.07) is 0.481. The topological polar surface area (TPSA) is 41.3 Å². The summed E-state index contributed by atoms with van der Waals surface area (Å²) in [7, 11) is 4.18. The van der Waals surface area contributed by atoms with Gasteiger partial charge in [0.1, 0.15) is 0 Å². The predicted octanol–water partition coefficient (Wildman–Crippen LogP) is 0.901. The molecule has 86 valence electrons. The second kappa shape index (κ2) is 8.21. The zero-order valence-corrected chi connectivity index (χ0v) is 10.2. The fourth-order valence-corrected chi connectivity index (χ4v) is 1.65. The third-order valence-corrected chi connectivity index (χ3v) is 2.65. The minimum Gasteiger partial charge on any atom is -0.329 e. The molecule has 0 rings (SSSR count). The number of nitrogens with one attached hydrogen (secondary N) is 1. The summed E-state index contributed by atoms with van der Waals surface area (Å²) < 4.78 is 0. The molecule has 0 radical (unpaired) electrons. The minimum absolute atomic E-state index is 0.481. The molecule has 2 unspecified atom stereocenters. The molecule has 0 aliphatic carbocycles. The number of nitrogens with two attached hydrogens (primary N) is 1. The van der Waals surface area contributed by atoms with E-state index in [0.29, 0.717) is 12.0 Å². The Hall–Kier alpha value is -0.120. The van der Waals surface area contributed by atoms with Crippen LogP contribution in [0.15, 0.2) is 0 Å². The molecule has 0 saturated heterocycles. The second-order valence-electron chi connectivity index (χ2n) is 4.37. The van der Waals surface area contributed by atoms with Gasteiger partial charge < -0.3 is 16.0 Å². The number of rotatable bonds is 8. The molecule has 3 nitrogen and oxygen atoms in total. The van der Waals surface area contributed by atoms with Gasteiger partial charge in [0, 0.05) is 25.7 Å². The highest BCUT2D eigenvalue weighted by Gasteiger charge is 2.13. The van der Waals surface area contributed by atoms with E-state index in [1.807, 2.05) is 0 Å². The van der Waals surface area contributed by atoms with Crippen molar-refractivity contribution in [2.24, 2.45) is 11.7 Å². The molecule has 0 spiro atoms. The largest absolute Gasteiger partial charge is 0.329 e. The summed E-state index contributed by atoms with van der Waals surface area (Å²) in [5.41, 5.74) is 5.74. The number of hydrogen-bond acceptors (Lipinski definition) is 3. The maximum absolute atomic E-state index is 5.74. The van der Waals surface area contributed by atoms with E-state index in [2.05, 4.69) is 38.2 Å².